The van der Waals surface area contributed by atoms with E-state index in [2.05, 4.69) is 0 Å². The van der Waals surface area contributed by atoms with Crippen LogP contribution in [0.5, 0.6) is 5.75 Å². The number of carbonyl (C=O) groups is 1. The third-order valence-corrected chi connectivity index (χ3v) is 3.53. The van der Waals surface area contributed by atoms with Gasteiger partial charge in [-0.2, -0.15) is 13.2 Å². The van der Waals surface area contributed by atoms with Crippen LogP contribution in [0.4, 0.5) is 13.2 Å². The molecule has 1 aromatic rings. The van der Waals surface area contributed by atoms with Crippen LogP contribution in [0, 0.1) is 0 Å². The molecular formula is C14H18F3NO3S. The minimum Gasteiger partial charge on any atom is -0.496 e. The van der Waals surface area contributed by atoms with Gasteiger partial charge in [0.1, 0.15) is 5.75 Å². The van der Waals surface area contributed by atoms with Crippen LogP contribution in [-0.2, 0) is 11.3 Å². The smallest absolute Gasteiger partial charge is 0.446 e. The Morgan fingerprint density at radius 2 is 2.09 bits per heavy atom. The molecular weight excluding hydrogens is 319 g/mol. The number of hydrogen-bond acceptors (Lipinski definition) is 4. The van der Waals surface area contributed by atoms with Crippen molar-refractivity contribution < 1.29 is 27.8 Å². The van der Waals surface area contributed by atoms with E-state index in [-0.39, 0.29) is 35.5 Å². The monoisotopic (exact) mass is 337 g/mol. The Bertz CT molecular complexity index is 509. The second-order valence-electron chi connectivity index (χ2n) is 4.64. The molecule has 0 spiro atoms. The lowest BCUT2D eigenvalue weighted by atomic mass is 10.2. The van der Waals surface area contributed by atoms with Crippen LogP contribution in [-0.4, -0.2) is 41.7 Å². The Morgan fingerprint density at radius 3 is 2.59 bits per heavy atom. The van der Waals surface area contributed by atoms with Gasteiger partial charge in [0.15, 0.2) is 0 Å². The van der Waals surface area contributed by atoms with Crippen molar-refractivity contribution in [3.8, 4) is 5.75 Å². The van der Waals surface area contributed by atoms with Crippen LogP contribution in [0.2, 0.25) is 0 Å². The maximum absolute atomic E-state index is 12.6. The molecule has 1 N–H and O–H groups in total. The molecule has 0 aromatic heterocycles. The van der Waals surface area contributed by atoms with E-state index >= 15 is 0 Å². The number of rotatable bonds is 8. The van der Waals surface area contributed by atoms with Crippen molar-refractivity contribution in [2.75, 3.05) is 20.2 Å². The highest BCUT2D eigenvalue weighted by molar-refractivity contribution is 8.00. The molecule has 0 radical (unpaired) electrons. The van der Waals surface area contributed by atoms with E-state index < -0.39 is 11.5 Å². The van der Waals surface area contributed by atoms with Crippen LogP contribution >= 0.6 is 11.8 Å². The van der Waals surface area contributed by atoms with E-state index in [1.807, 2.05) is 6.92 Å². The maximum atomic E-state index is 12.6. The lowest BCUT2D eigenvalue weighted by Crippen LogP contribution is -2.30. The lowest BCUT2D eigenvalue weighted by molar-refractivity contribution is -0.138. The molecule has 0 saturated heterocycles. The van der Waals surface area contributed by atoms with Gasteiger partial charge in [-0.05, 0) is 42.4 Å². The first-order valence-electron chi connectivity index (χ1n) is 6.62. The van der Waals surface area contributed by atoms with Crippen LogP contribution in [0.15, 0.2) is 23.1 Å². The highest BCUT2D eigenvalue weighted by Gasteiger charge is 2.31. The van der Waals surface area contributed by atoms with Gasteiger partial charge in [0.25, 0.3) is 0 Å². The summed E-state index contributed by atoms with van der Waals surface area (Å²) in [6.45, 7) is 2.59. The number of alkyl halides is 3. The van der Waals surface area contributed by atoms with Crippen molar-refractivity contribution >= 4 is 17.7 Å². The third-order valence-electron chi connectivity index (χ3n) is 2.76. The van der Waals surface area contributed by atoms with E-state index in [0.29, 0.717) is 12.1 Å². The zero-order valence-electron chi connectivity index (χ0n) is 12.3. The fraction of sp³-hybridized carbons (Fsp3) is 0.500. The molecule has 0 aliphatic carbocycles. The number of nitrogens with zero attached hydrogens (tertiary/aromatic N) is 1. The van der Waals surface area contributed by atoms with E-state index in [9.17, 15) is 18.0 Å². The highest BCUT2D eigenvalue weighted by atomic mass is 32.2. The molecule has 0 bridgehead atoms. The number of thioether (sulfide) groups is 1. The molecule has 0 amide bonds. The van der Waals surface area contributed by atoms with Gasteiger partial charge in [-0.15, -0.1) is 0 Å². The van der Waals surface area contributed by atoms with Crippen LogP contribution in [0.25, 0.3) is 0 Å². The fourth-order valence-corrected chi connectivity index (χ4v) is 2.72. The predicted octanol–water partition coefficient (Wildman–Crippen LogP) is 3.60. The van der Waals surface area contributed by atoms with E-state index in [0.717, 1.165) is 6.42 Å². The molecule has 4 nitrogen and oxygen atoms in total. The summed E-state index contributed by atoms with van der Waals surface area (Å²) in [5, 5.41) is 8.86. The van der Waals surface area contributed by atoms with E-state index in [4.69, 9.17) is 9.84 Å². The summed E-state index contributed by atoms with van der Waals surface area (Å²) >= 11 is -0.239. The minimum atomic E-state index is -4.41. The molecule has 124 valence electrons. The molecule has 0 atom stereocenters. The van der Waals surface area contributed by atoms with Gasteiger partial charge in [-0.1, -0.05) is 13.0 Å². The first-order valence-corrected chi connectivity index (χ1v) is 7.43. The second-order valence-corrected chi connectivity index (χ2v) is 5.74. The topological polar surface area (TPSA) is 49.8 Å². The summed E-state index contributed by atoms with van der Waals surface area (Å²) in [6.07, 6.45) is 0.758. The van der Waals surface area contributed by atoms with Gasteiger partial charge in [0.2, 0.25) is 0 Å². The Hall–Kier alpha value is -1.41. The molecule has 1 rings (SSSR count). The molecule has 0 aliphatic rings. The first-order chi connectivity index (χ1) is 10.2. The summed E-state index contributed by atoms with van der Waals surface area (Å²) < 4.78 is 42.6. The normalized spacial score (nSPS) is 11.7. The molecule has 0 aliphatic heterocycles. The van der Waals surface area contributed by atoms with Crippen molar-refractivity contribution in [1.82, 2.24) is 4.90 Å². The van der Waals surface area contributed by atoms with Crippen molar-refractivity contribution in [3.05, 3.63) is 23.8 Å². The standard InChI is InChI=1S/C14H18F3NO3S/c1-3-6-18(9-13(19)20)8-10-4-5-11(21-2)12(7-10)22-14(15,16)17/h4-5,7H,3,6,8-9H2,1-2H3,(H,19,20). The summed E-state index contributed by atoms with van der Waals surface area (Å²) in [5.41, 5.74) is -3.79. The number of carboxylic acids is 1. The molecule has 1 aromatic carbocycles. The molecule has 22 heavy (non-hydrogen) atoms. The lowest BCUT2D eigenvalue weighted by Gasteiger charge is -2.20. The average molecular weight is 337 g/mol. The summed E-state index contributed by atoms with van der Waals surface area (Å²) in [7, 11) is 1.31. The molecule has 0 unspecified atom stereocenters. The quantitative estimate of drug-likeness (QED) is 0.735. The Kier molecular flexibility index (Phi) is 7.02. The van der Waals surface area contributed by atoms with Crippen molar-refractivity contribution in [2.45, 2.75) is 30.3 Å². The summed E-state index contributed by atoms with van der Waals surface area (Å²) in [4.78, 5) is 12.5. The molecule has 8 heteroatoms. The summed E-state index contributed by atoms with van der Waals surface area (Å²) in [6, 6.07) is 4.50. The number of aliphatic carboxylic acids is 1. The zero-order chi connectivity index (χ0) is 16.8. The second kappa shape index (κ2) is 8.28. The zero-order valence-corrected chi connectivity index (χ0v) is 13.1. The van der Waals surface area contributed by atoms with Gasteiger partial charge >= 0.3 is 11.5 Å². The number of benzene rings is 1. The van der Waals surface area contributed by atoms with Gasteiger partial charge in [-0.3, -0.25) is 9.69 Å². The number of ether oxygens (including phenoxy) is 1. The maximum Gasteiger partial charge on any atom is 0.446 e. The minimum absolute atomic E-state index is 0.0285. The van der Waals surface area contributed by atoms with Crippen LogP contribution < -0.4 is 4.74 Å². The Balaban J connectivity index is 2.94. The first kappa shape index (κ1) is 18.6. The highest BCUT2D eigenvalue weighted by Crippen LogP contribution is 2.41. The average Bonchev–Trinajstić information content (AvgIpc) is 2.36. The number of carboxylic acid groups (broad SMARTS) is 1. The third kappa shape index (κ3) is 6.57. The fourth-order valence-electron chi connectivity index (χ4n) is 2.00. The van der Waals surface area contributed by atoms with E-state index in [1.165, 1.54) is 19.2 Å². The Morgan fingerprint density at radius 1 is 1.41 bits per heavy atom. The van der Waals surface area contributed by atoms with Gasteiger partial charge < -0.3 is 9.84 Å². The largest absolute Gasteiger partial charge is 0.496 e. The number of hydrogen-bond donors (Lipinski definition) is 1. The molecule has 0 saturated carbocycles. The van der Waals surface area contributed by atoms with Crippen molar-refractivity contribution in [2.24, 2.45) is 0 Å². The van der Waals surface area contributed by atoms with E-state index in [1.54, 1.807) is 11.0 Å². The SMILES string of the molecule is CCCN(CC(=O)O)Cc1ccc(OC)c(SC(F)(F)F)c1. The van der Waals surface area contributed by atoms with Gasteiger partial charge in [-0.25, -0.2) is 0 Å². The van der Waals surface area contributed by atoms with Gasteiger partial charge in [0, 0.05) is 6.54 Å². The number of methoxy groups -OCH3 is 1. The van der Waals surface area contributed by atoms with Gasteiger partial charge in [0.05, 0.1) is 18.6 Å². The van der Waals surface area contributed by atoms with Crippen LogP contribution in [0.3, 0.4) is 0 Å². The predicted molar refractivity (Wildman–Crippen MR) is 78.1 cm³/mol. The van der Waals surface area contributed by atoms with Crippen molar-refractivity contribution in [1.29, 1.82) is 0 Å². The van der Waals surface area contributed by atoms with Crippen molar-refractivity contribution in [3.63, 3.8) is 0 Å². The Labute approximate surface area is 131 Å². The molecule has 0 fully saturated rings. The van der Waals surface area contributed by atoms with Crippen LogP contribution in [0.1, 0.15) is 18.9 Å². The molecule has 0 heterocycles. The summed E-state index contributed by atoms with van der Waals surface area (Å²) in [5.74, 6) is -0.821. The number of halogens is 3.